The summed E-state index contributed by atoms with van der Waals surface area (Å²) in [5, 5.41) is 12.0. The van der Waals surface area contributed by atoms with E-state index in [9.17, 15) is 14.4 Å². The van der Waals surface area contributed by atoms with Crippen LogP contribution in [0.1, 0.15) is 56.1 Å². The van der Waals surface area contributed by atoms with Crippen molar-refractivity contribution >= 4 is 18.0 Å². The van der Waals surface area contributed by atoms with Gasteiger partial charge in [0.1, 0.15) is 13.2 Å². The third-order valence-corrected chi connectivity index (χ3v) is 6.72. The number of nitrogens with zero attached hydrogens (tertiary/aromatic N) is 1. The molecular weight excluding hydrogens is 432 g/mol. The number of hydrogen-bond donors (Lipinski definition) is 2. The van der Waals surface area contributed by atoms with Gasteiger partial charge in [-0.2, -0.15) is 0 Å². The molecule has 0 saturated heterocycles. The topological polar surface area (TPSA) is 95.9 Å². The van der Waals surface area contributed by atoms with Crippen molar-refractivity contribution < 1.29 is 24.2 Å². The quantitative estimate of drug-likeness (QED) is 0.514. The van der Waals surface area contributed by atoms with E-state index in [1.807, 2.05) is 31.2 Å². The monoisotopic (exact) mass is 464 g/mol. The highest BCUT2D eigenvalue weighted by Crippen LogP contribution is 2.44. The Morgan fingerprint density at radius 3 is 2.24 bits per heavy atom. The van der Waals surface area contributed by atoms with Crippen LogP contribution >= 0.6 is 0 Å². The third kappa shape index (κ3) is 5.76. The van der Waals surface area contributed by atoms with Crippen molar-refractivity contribution in [2.24, 2.45) is 5.92 Å². The summed E-state index contributed by atoms with van der Waals surface area (Å²) in [6.07, 6.45) is 2.89. The predicted octanol–water partition coefficient (Wildman–Crippen LogP) is 4.41. The molecule has 34 heavy (non-hydrogen) atoms. The summed E-state index contributed by atoms with van der Waals surface area (Å²) in [4.78, 5) is 37.7. The van der Waals surface area contributed by atoms with Crippen LogP contribution in [0.25, 0.3) is 11.1 Å². The van der Waals surface area contributed by atoms with Crippen LogP contribution in [0.15, 0.2) is 48.5 Å². The first-order valence-electron chi connectivity index (χ1n) is 12.1. The van der Waals surface area contributed by atoms with Crippen molar-refractivity contribution in [1.29, 1.82) is 0 Å². The van der Waals surface area contributed by atoms with E-state index in [2.05, 4.69) is 29.6 Å². The zero-order valence-corrected chi connectivity index (χ0v) is 19.5. The van der Waals surface area contributed by atoms with Gasteiger partial charge in [-0.3, -0.25) is 9.59 Å². The van der Waals surface area contributed by atoms with Gasteiger partial charge in [-0.1, -0.05) is 55.5 Å². The molecule has 180 valence electrons. The first-order valence-corrected chi connectivity index (χ1v) is 12.1. The average molecular weight is 465 g/mol. The molecule has 0 aliphatic heterocycles. The SMILES string of the molecule is CCC(CCC(=O)N(CC(=O)O)CC1CC1)NC(=O)OCC1c2ccccc2-c2ccccc21. The molecule has 1 fully saturated rings. The Kier molecular flexibility index (Phi) is 7.50. The number of rotatable bonds is 11. The molecule has 0 heterocycles. The number of benzene rings is 2. The molecule has 2 aromatic rings. The molecule has 2 aliphatic carbocycles. The Balaban J connectivity index is 1.29. The van der Waals surface area contributed by atoms with Crippen LogP contribution in [0.5, 0.6) is 0 Å². The standard InChI is InChI=1S/C27H32N2O5/c1-2-19(13-14-25(30)29(16-26(31)32)15-18-11-12-18)28-27(33)34-17-24-22-9-5-3-7-20(22)21-8-4-6-10-23(21)24/h3-10,18-19,24H,2,11-17H2,1H3,(H,28,33)(H,31,32). The van der Waals surface area contributed by atoms with E-state index in [1.54, 1.807) is 0 Å². The van der Waals surface area contributed by atoms with Crippen molar-refractivity contribution in [3.63, 3.8) is 0 Å². The van der Waals surface area contributed by atoms with Gasteiger partial charge in [-0.25, -0.2) is 4.79 Å². The maximum atomic E-state index is 12.6. The summed E-state index contributed by atoms with van der Waals surface area (Å²) >= 11 is 0. The number of fused-ring (bicyclic) bond motifs is 3. The predicted molar refractivity (Wildman–Crippen MR) is 128 cm³/mol. The highest BCUT2D eigenvalue weighted by molar-refractivity contribution is 5.81. The number of carboxylic acids is 1. The molecular formula is C27H32N2O5. The minimum absolute atomic E-state index is 0.00759. The van der Waals surface area contributed by atoms with E-state index in [-0.39, 0.29) is 37.4 Å². The van der Waals surface area contributed by atoms with Crippen LogP contribution in [-0.4, -0.2) is 53.7 Å². The Labute approximate surface area is 200 Å². The third-order valence-electron chi connectivity index (χ3n) is 6.72. The van der Waals surface area contributed by atoms with Gasteiger partial charge in [0.05, 0.1) is 0 Å². The van der Waals surface area contributed by atoms with Gasteiger partial charge < -0.3 is 20.1 Å². The summed E-state index contributed by atoms with van der Waals surface area (Å²) in [6.45, 7) is 2.41. The molecule has 7 heteroatoms. The second-order valence-electron chi connectivity index (χ2n) is 9.23. The molecule has 0 aromatic heterocycles. The lowest BCUT2D eigenvalue weighted by Crippen LogP contribution is -2.39. The molecule has 1 atom stereocenters. The molecule has 0 radical (unpaired) electrons. The maximum absolute atomic E-state index is 12.6. The number of carbonyl (C=O) groups is 3. The Morgan fingerprint density at radius 2 is 1.68 bits per heavy atom. The number of ether oxygens (including phenoxy) is 1. The smallest absolute Gasteiger partial charge is 0.407 e. The summed E-state index contributed by atoms with van der Waals surface area (Å²) in [6, 6.07) is 16.1. The van der Waals surface area contributed by atoms with Gasteiger partial charge in [0.15, 0.2) is 0 Å². The molecule has 1 unspecified atom stereocenters. The van der Waals surface area contributed by atoms with Crippen molar-refractivity contribution in [2.75, 3.05) is 19.7 Å². The summed E-state index contributed by atoms with van der Waals surface area (Å²) in [5.74, 6) is -0.768. The molecule has 7 nitrogen and oxygen atoms in total. The van der Waals surface area contributed by atoms with Crippen molar-refractivity contribution in [1.82, 2.24) is 10.2 Å². The summed E-state index contributed by atoms with van der Waals surface area (Å²) in [7, 11) is 0. The van der Waals surface area contributed by atoms with Crippen LogP contribution < -0.4 is 5.32 Å². The van der Waals surface area contributed by atoms with E-state index in [0.717, 1.165) is 24.0 Å². The molecule has 0 bridgehead atoms. The second-order valence-corrected chi connectivity index (χ2v) is 9.23. The van der Waals surface area contributed by atoms with E-state index < -0.39 is 12.1 Å². The number of hydrogen-bond acceptors (Lipinski definition) is 4. The molecule has 2 aliphatic rings. The minimum atomic E-state index is -1.00. The van der Waals surface area contributed by atoms with E-state index in [4.69, 9.17) is 9.84 Å². The van der Waals surface area contributed by atoms with Gasteiger partial charge in [0, 0.05) is 24.9 Å². The number of carbonyl (C=O) groups excluding carboxylic acids is 2. The number of carboxylic acid groups (broad SMARTS) is 1. The maximum Gasteiger partial charge on any atom is 0.407 e. The largest absolute Gasteiger partial charge is 0.480 e. The molecule has 0 spiro atoms. The van der Waals surface area contributed by atoms with E-state index in [1.165, 1.54) is 16.0 Å². The Hall–Kier alpha value is -3.35. The summed E-state index contributed by atoms with van der Waals surface area (Å²) in [5.41, 5.74) is 4.66. The number of nitrogens with one attached hydrogen (secondary N) is 1. The molecule has 2 aromatic carbocycles. The first kappa shape index (κ1) is 23.8. The van der Waals surface area contributed by atoms with Gasteiger partial charge >= 0.3 is 12.1 Å². The zero-order valence-electron chi connectivity index (χ0n) is 19.5. The summed E-state index contributed by atoms with van der Waals surface area (Å²) < 4.78 is 5.62. The van der Waals surface area contributed by atoms with Crippen LogP contribution in [0, 0.1) is 5.92 Å². The van der Waals surface area contributed by atoms with Crippen LogP contribution in [-0.2, 0) is 14.3 Å². The molecule has 1 saturated carbocycles. The van der Waals surface area contributed by atoms with Crippen LogP contribution in [0.3, 0.4) is 0 Å². The number of alkyl carbamates (subject to hydrolysis) is 1. The lowest BCUT2D eigenvalue weighted by atomic mass is 9.98. The van der Waals surface area contributed by atoms with E-state index >= 15 is 0 Å². The van der Waals surface area contributed by atoms with Crippen molar-refractivity contribution in [3.8, 4) is 11.1 Å². The van der Waals surface area contributed by atoms with Gasteiger partial charge in [-0.05, 0) is 53.9 Å². The van der Waals surface area contributed by atoms with Gasteiger partial charge in [0.2, 0.25) is 5.91 Å². The molecule has 2 amide bonds. The lowest BCUT2D eigenvalue weighted by molar-refractivity contribution is -0.144. The zero-order chi connectivity index (χ0) is 24.1. The van der Waals surface area contributed by atoms with Gasteiger partial charge in [0.25, 0.3) is 0 Å². The normalized spacial score (nSPS) is 15.2. The minimum Gasteiger partial charge on any atom is -0.480 e. The van der Waals surface area contributed by atoms with Crippen LogP contribution in [0.4, 0.5) is 4.79 Å². The van der Waals surface area contributed by atoms with Crippen molar-refractivity contribution in [3.05, 3.63) is 59.7 Å². The number of aliphatic carboxylic acids is 1. The Morgan fingerprint density at radius 1 is 1.06 bits per heavy atom. The van der Waals surface area contributed by atoms with Gasteiger partial charge in [-0.15, -0.1) is 0 Å². The fraction of sp³-hybridized carbons (Fsp3) is 0.444. The number of amides is 2. The highest BCUT2D eigenvalue weighted by Gasteiger charge is 2.30. The van der Waals surface area contributed by atoms with Crippen molar-refractivity contribution in [2.45, 2.75) is 51.0 Å². The average Bonchev–Trinajstić information content (AvgIpc) is 3.60. The fourth-order valence-electron chi connectivity index (χ4n) is 4.67. The first-order chi connectivity index (χ1) is 16.5. The highest BCUT2D eigenvalue weighted by atomic mass is 16.5. The fourth-order valence-corrected chi connectivity index (χ4v) is 4.67. The second kappa shape index (κ2) is 10.7. The molecule has 2 N–H and O–H groups in total. The Bertz CT molecular complexity index is 1000. The lowest BCUT2D eigenvalue weighted by Gasteiger charge is -2.23. The van der Waals surface area contributed by atoms with E-state index in [0.29, 0.717) is 25.3 Å². The molecule has 4 rings (SSSR count). The van der Waals surface area contributed by atoms with Crippen LogP contribution in [0.2, 0.25) is 0 Å².